The Kier molecular flexibility index (Phi) is 15.0. The van der Waals surface area contributed by atoms with E-state index in [1.807, 2.05) is 141 Å². The van der Waals surface area contributed by atoms with Gasteiger partial charge in [-0.25, -0.2) is 0 Å². The van der Waals surface area contributed by atoms with E-state index in [0.29, 0.717) is 0 Å². The van der Waals surface area contributed by atoms with Gasteiger partial charge in [0.1, 0.15) is 0 Å². The monoisotopic (exact) mass is 863 g/mol. The molecule has 3 heterocycles. The Labute approximate surface area is 342 Å². The first kappa shape index (κ1) is 38.8. The first-order chi connectivity index (χ1) is 23.9. The first-order valence-corrected chi connectivity index (χ1v) is 27.0. The molecule has 3 aromatic carbocycles. The average Bonchev–Trinajstić information content (AvgIpc) is 3.86. The fourth-order valence-corrected chi connectivity index (χ4v) is 19.6. The van der Waals surface area contributed by atoms with Crippen molar-refractivity contribution in [3.05, 3.63) is 128 Å². The second-order valence-corrected chi connectivity index (χ2v) is 23.6. The van der Waals surface area contributed by atoms with Crippen LogP contribution in [0.15, 0.2) is 111 Å². The normalized spacial score (nSPS) is 16.4. The number of nitrogens with zero attached hydrogens (tertiary/aromatic N) is 1. The smallest absolute Gasteiger partial charge is 0.0657 e. The minimum Gasteiger partial charge on any atom is -0.311 e. The summed E-state index contributed by atoms with van der Waals surface area (Å²) >= 11 is 22.3. The van der Waals surface area contributed by atoms with Gasteiger partial charge < -0.3 is 4.90 Å². The largest absolute Gasteiger partial charge is 0.311 e. The van der Waals surface area contributed by atoms with Crippen LogP contribution < -0.4 is 4.90 Å². The molecule has 0 aliphatic carbocycles. The summed E-state index contributed by atoms with van der Waals surface area (Å²) in [5.41, 5.74) is 7.07. The maximum Gasteiger partial charge on any atom is 0.0657 e. The summed E-state index contributed by atoms with van der Waals surface area (Å²) in [7, 11) is 0. The van der Waals surface area contributed by atoms with Crippen molar-refractivity contribution in [2.24, 2.45) is 0 Å². The molecule has 254 valence electrons. The van der Waals surface area contributed by atoms with Crippen LogP contribution in [0.25, 0.3) is 18.2 Å². The van der Waals surface area contributed by atoms with Gasteiger partial charge in [-0.2, -0.15) is 0 Å². The maximum absolute atomic E-state index is 2.36. The minimum atomic E-state index is 1.14. The van der Waals surface area contributed by atoms with E-state index in [-0.39, 0.29) is 0 Å². The number of hydrogen-bond donors (Lipinski definition) is 0. The highest BCUT2D eigenvalue weighted by Crippen LogP contribution is 2.58. The highest BCUT2D eigenvalue weighted by molar-refractivity contribution is 8.42. The predicted molar refractivity (Wildman–Crippen MR) is 253 cm³/mol. The Morgan fingerprint density at radius 1 is 0.347 bits per heavy atom. The second-order valence-electron chi connectivity index (χ2n) is 10.1. The molecule has 0 N–H and O–H groups in total. The molecule has 0 atom stereocenters. The summed E-state index contributed by atoms with van der Waals surface area (Å²) in [5, 5.41) is 0. The van der Waals surface area contributed by atoms with Gasteiger partial charge in [0.2, 0.25) is 0 Å². The molecule has 3 aromatic rings. The van der Waals surface area contributed by atoms with Crippen LogP contribution in [0, 0.1) is 0 Å². The average molecular weight is 864 g/mol. The van der Waals surface area contributed by atoms with Gasteiger partial charge in [0.05, 0.1) is 38.1 Å². The lowest BCUT2D eigenvalue weighted by Gasteiger charge is -2.26. The van der Waals surface area contributed by atoms with Crippen molar-refractivity contribution < 1.29 is 0 Å². The molecule has 0 amide bonds. The van der Waals surface area contributed by atoms with Crippen LogP contribution in [-0.2, 0) is 0 Å². The zero-order valence-corrected chi connectivity index (χ0v) is 37.3. The molecule has 49 heavy (non-hydrogen) atoms. The maximum atomic E-state index is 2.36. The van der Waals surface area contributed by atoms with E-state index < -0.39 is 0 Å². The van der Waals surface area contributed by atoms with Crippen molar-refractivity contribution in [3.63, 3.8) is 0 Å². The Morgan fingerprint density at radius 2 is 0.551 bits per heavy atom. The quantitative estimate of drug-likeness (QED) is 0.170. The molecule has 0 spiro atoms. The molecule has 0 bridgehead atoms. The Morgan fingerprint density at radius 3 is 0.735 bits per heavy atom. The zero-order chi connectivity index (χ0) is 34.3. The zero-order valence-electron chi connectivity index (χ0n) is 27.5. The van der Waals surface area contributed by atoms with Gasteiger partial charge >= 0.3 is 0 Å². The van der Waals surface area contributed by atoms with Gasteiger partial charge in [-0.05, 0) is 109 Å². The highest BCUT2D eigenvalue weighted by Gasteiger charge is 2.22. The van der Waals surface area contributed by atoms with E-state index in [4.69, 9.17) is 0 Å². The van der Waals surface area contributed by atoms with Crippen LogP contribution in [0.3, 0.4) is 0 Å². The standard InChI is InChI=1S/C36H33NS12/c1-38-31-32(39-2)45-28(44-31)19-22-7-13-25(14-8-22)37(26-15-9-23(10-16-26)20-29-46-33(40-3)34(41-4)47-29)27-17-11-24(12-18-27)21-30-48-35(42-5)36(43-6)49-30/h7-21H,1-6H3. The molecular formula is C36H33NS12. The number of thioether (sulfide) groups is 12. The van der Waals surface area contributed by atoms with Crippen LogP contribution in [0.4, 0.5) is 17.1 Å². The summed E-state index contributed by atoms with van der Waals surface area (Å²) in [5.74, 6) is 0. The van der Waals surface area contributed by atoms with Crippen LogP contribution >= 0.6 is 141 Å². The minimum absolute atomic E-state index is 1.14. The van der Waals surface area contributed by atoms with E-state index in [0.717, 1.165) is 17.1 Å². The molecule has 3 aliphatic heterocycles. The Balaban J connectivity index is 1.27. The van der Waals surface area contributed by atoms with E-state index in [2.05, 4.69) is 133 Å². The van der Waals surface area contributed by atoms with E-state index in [1.165, 1.54) is 54.8 Å². The fourth-order valence-electron chi connectivity index (χ4n) is 4.80. The molecule has 0 unspecified atom stereocenters. The SMILES string of the molecule is CSC1=C(SC)SC(=Cc2ccc(N(c3ccc(C=C4SC(SC)=C(SC)S4)cc3)c3ccc(C=C4SC(SC)=C(SC)S4)cc3)cc2)S1. The molecule has 3 aliphatic rings. The predicted octanol–water partition coefficient (Wildman–Crippen LogP) is 16.0. The number of hydrogen-bond acceptors (Lipinski definition) is 13. The Bertz CT molecular complexity index is 1580. The lowest BCUT2D eigenvalue weighted by Crippen LogP contribution is -2.09. The van der Waals surface area contributed by atoms with Crippen LogP contribution in [0.5, 0.6) is 0 Å². The van der Waals surface area contributed by atoms with Crippen LogP contribution in [-0.4, -0.2) is 37.5 Å². The van der Waals surface area contributed by atoms with Gasteiger partial charge in [-0.15, -0.1) is 70.6 Å². The van der Waals surface area contributed by atoms with Crippen molar-refractivity contribution in [2.75, 3.05) is 42.4 Å². The highest BCUT2D eigenvalue weighted by atomic mass is 32.3. The summed E-state index contributed by atoms with van der Waals surface area (Å²) in [4.78, 5) is 2.36. The van der Waals surface area contributed by atoms with Crippen molar-refractivity contribution in [1.82, 2.24) is 0 Å². The summed E-state index contributed by atoms with van der Waals surface area (Å²) < 4.78 is 12.4. The number of benzene rings is 3. The molecule has 0 fully saturated rings. The number of anilines is 3. The van der Waals surface area contributed by atoms with Gasteiger partial charge in [0.25, 0.3) is 0 Å². The van der Waals surface area contributed by atoms with Crippen molar-refractivity contribution in [3.8, 4) is 0 Å². The molecule has 0 radical (unpaired) electrons. The molecule has 0 aromatic heterocycles. The van der Waals surface area contributed by atoms with Crippen molar-refractivity contribution in [1.29, 1.82) is 0 Å². The fraction of sp³-hybridized carbons (Fsp3) is 0.167. The van der Waals surface area contributed by atoms with Gasteiger partial charge in [0.15, 0.2) is 0 Å². The first-order valence-electron chi connectivity index (χ1n) is 14.7. The lowest BCUT2D eigenvalue weighted by atomic mass is 10.1. The topological polar surface area (TPSA) is 3.24 Å². The summed E-state index contributed by atoms with van der Waals surface area (Å²) in [6.45, 7) is 0. The summed E-state index contributed by atoms with van der Waals surface area (Å²) in [6, 6.07) is 26.9. The second kappa shape index (κ2) is 18.9. The van der Waals surface area contributed by atoms with Gasteiger partial charge in [-0.1, -0.05) is 107 Å². The van der Waals surface area contributed by atoms with Crippen LogP contribution in [0.2, 0.25) is 0 Å². The third-order valence-electron chi connectivity index (χ3n) is 7.08. The molecular weight excluding hydrogens is 831 g/mol. The third kappa shape index (κ3) is 9.81. The molecule has 0 saturated carbocycles. The van der Waals surface area contributed by atoms with Gasteiger partial charge in [-0.3, -0.25) is 0 Å². The molecule has 13 heteroatoms. The van der Waals surface area contributed by atoms with E-state index in [9.17, 15) is 0 Å². The molecule has 0 saturated heterocycles. The Hall–Kier alpha value is 0.1000. The lowest BCUT2D eigenvalue weighted by molar-refractivity contribution is 1.28. The third-order valence-corrected chi connectivity index (χ3v) is 22.3. The van der Waals surface area contributed by atoms with E-state index >= 15 is 0 Å². The van der Waals surface area contributed by atoms with E-state index in [1.54, 1.807) is 0 Å². The van der Waals surface area contributed by atoms with Crippen molar-refractivity contribution in [2.45, 2.75) is 0 Å². The molecule has 1 nitrogen and oxygen atoms in total. The van der Waals surface area contributed by atoms with Crippen LogP contribution in [0.1, 0.15) is 16.7 Å². The van der Waals surface area contributed by atoms with Crippen molar-refractivity contribution >= 4 is 176 Å². The molecule has 6 rings (SSSR count). The number of rotatable bonds is 12. The van der Waals surface area contributed by atoms with Gasteiger partial charge in [0, 0.05) is 17.1 Å². The summed E-state index contributed by atoms with van der Waals surface area (Å²) in [6.07, 6.45) is 19.9.